The molecule has 0 fully saturated rings. The number of nitrogens with zero attached hydrogens (tertiary/aromatic N) is 1. The van der Waals surface area contributed by atoms with Crippen LogP contribution in [0.1, 0.15) is 54.1 Å². The molecule has 1 heterocycles. The van der Waals surface area contributed by atoms with Crippen molar-refractivity contribution in [1.29, 1.82) is 0 Å². The van der Waals surface area contributed by atoms with Gasteiger partial charge in [0, 0.05) is 52.4 Å². The molecule has 2 aliphatic carbocycles. The molecule has 5 rings (SSSR count). The van der Waals surface area contributed by atoms with E-state index in [-0.39, 0.29) is 22.7 Å². The zero-order chi connectivity index (χ0) is 21.2. The van der Waals surface area contributed by atoms with Gasteiger partial charge in [-0.15, -0.1) is 0 Å². The van der Waals surface area contributed by atoms with Crippen molar-refractivity contribution in [2.75, 3.05) is 0 Å². The van der Waals surface area contributed by atoms with Gasteiger partial charge in [-0.05, 0) is 17.4 Å². The van der Waals surface area contributed by atoms with Crippen LogP contribution in [-0.4, -0.2) is 16.5 Å². The van der Waals surface area contributed by atoms with Crippen molar-refractivity contribution in [3.8, 4) is 0 Å². The van der Waals surface area contributed by atoms with Crippen molar-refractivity contribution in [3.05, 3.63) is 92.2 Å². The number of nitro groups is 1. The van der Waals surface area contributed by atoms with Crippen LogP contribution in [0.25, 0.3) is 5.70 Å². The Hall–Kier alpha value is -3.54. The number of hydrogen-bond donors (Lipinski definition) is 1. The highest BCUT2D eigenvalue weighted by Gasteiger charge is 2.46. The molecule has 6 nitrogen and oxygen atoms in total. The lowest BCUT2D eigenvalue weighted by atomic mass is 9.68. The lowest BCUT2D eigenvalue weighted by molar-refractivity contribution is -0.384. The van der Waals surface area contributed by atoms with E-state index in [9.17, 15) is 19.7 Å². The number of carbonyl (C=O) groups excluding carboxylic acids is 2. The molecule has 0 aromatic heterocycles. The van der Waals surface area contributed by atoms with E-state index in [1.165, 1.54) is 12.1 Å². The monoisotopic (exact) mass is 400 g/mol. The summed E-state index contributed by atoms with van der Waals surface area (Å²) < 4.78 is 0. The number of fused-ring (bicyclic) bond motifs is 2. The third kappa shape index (κ3) is 2.64. The maximum atomic E-state index is 13.4. The highest BCUT2D eigenvalue weighted by atomic mass is 16.6. The number of hydrogen-bond acceptors (Lipinski definition) is 5. The molecule has 6 heteroatoms. The van der Waals surface area contributed by atoms with Crippen LogP contribution in [0.4, 0.5) is 5.69 Å². The molecular weight excluding hydrogens is 380 g/mol. The van der Waals surface area contributed by atoms with Gasteiger partial charge >= 0.3 is 0 Å². The molecule has 0 unspecified atom stereocenters. The third-order valence-electron chi connectivity index (χ3n) is 6.14. The van der Waals surface area contributed by atoms with E-state index in [0.717, 1.165) is 17.0 Å². The number of allylic oxidation sites excluding steroid dienone is 3. The number of benzene rings is 2. The van der Waals surface area contributed by atoms with Crippen molar-refractivity contribution < 1.29 is 14.5 Å². The van der Waals surface area contributed by atoms with Gasteiger partial charge in [-0.1, -0.05) is 50.2 Å². The maximum Gasteiger partial charge on any atom is 0.269 e. The Morgan fingerprint density at radius 3 is 2.47 bits per heavy atom. The molecule has 0 amide bonds. The van der Waals surface area contributed by atoms with E-state index in [1.54, 1.807) is 18.2 Å². The second kappa shape index (κ2) is 6.23. The number of Topliss-reactive ketones (excluding diaryl/α,β-unsaturated/α-hetero) is 2. The van der Waals surface area contributed by atoms with Gasteiger partial charge in [0.1, 0.15) is 0 Å². The first-order valence-electron chi connectivity index (χ1n) is 9.93. The molecule has 0 spiro atoms. The second-order valence-corrected chi connectivity index (χ2v) is 8.91. The van der Waals surface area contributed by atoms with E-state index in [0.29, 0.717) is 35.1 Å². The minimum atomic E-state index is -0.611. The van der Waals surface area contributed by atoms with Crippen molar-refractivity contribution in [2.24, 2.45) is 5.41 Å². The minimum absolute atomic E-state index is 0.0134. The summed E-state index contributed by atoms with van der Waals surface area (Å²) in [6, 6.07) is 13.7. The summed E-state index contributed by atoms with van der Waals surface area (Å²) in [5, 5.41) is 14.8. The van der Waals surface area contributed by atoms with Crippen LogP contribution in [-0.2, 0) is 4.79 Å². The Labute approximate surface area is 173 Å². The third-order valence-corrected chi connectivity index (χ3v) is 6.14. The molecule has 0 radical (unpaired) electrons. The van der Waals surface area contributed by atoms with Crippen LogP contribution < -0.4 is 5.32 Å². The fraction of sp³-hybridized carbons (Fsp3) is 0.250. The van der Waals surface area contributed by atoms with Gasteiger partial charge in [-0.25, -0.2) is 0 Å². The highest BCUT2D eigenvalue weighted by molar-refractivity contribution is 6.23. The number of non-ortho nitro benzene ring substituents is 1. The molecule has 3 aliphatic rings. The Balaban J connectivity index is 1.76. The zero-order valence-corrected chi connectivity index (χ0v) is 16.7. The van der Waals surface area contributed by atoms with Crippen molar-refractivity contribution in [2.45, 2.75) is 32.6 Å². The van der Waals surface area contributed by atoms with Crippen molar-refractivity contribution >= 4 is 23.0 Å². The van der Waals surface area contributed by atoms with Gasteiger partial charge in [0.05, 0.1) is 10.6 Å². The zero-order valence-electron chi connectivity index (χ0n) is 16.7. The van der Waals surface area contributed by atoms with Crippen LogP contribution in [0.15, 0.2) is 65.4 Å². The van der Waals surface area contributed by atoms with Gasteiger partial charge in [-0.3, -0.25) is 19.7 Å². The number of nitrogens with one attached hydrogen (secondary N) is 1. The standard InChI is InChI=1S/C24H20N2O4/c1-24(2)11-17-20(18(27)12-24)19(13-6-5-7-14(10-13)26(29)30)21-22(25-17)15-8-3-4-9-16(15)23(21)28/h3-10,19,25H,11-12H2,1-2H3/t19-/m0/s1. The minimum Gasteiger partial charge on any atom is -0.358 e. The number of ketones is 2. The Kier molecular flexibility index (Phi) is 3.84. The van der Waals surface area contributed by atoms with Crippen LogP contribution in [0.5, 0.6) is 0 Å². The number of nitro benzene ring substituents is 1. The summed E-state index contributed by atoms with van der Waals surface area (Å²) >= 11 is 0. The van der Waals surface area contributed by atoms with Gasteiger partial charge in [0.25, 0.3) is 5.69 Å². The average molecular weight is 400 g/mol. The van der Waals surface area contributed by atoms with Crippen LogP contribution >= 0.6 is 0 Å². The van der Waals surface area contributed by atoms with Crippen molar-refractivity contribution in [3.63, 3.8) is 0 Å². The predicted octanol–water partition coefficient (Wildman–Crippen LogP) is 4.53. The first kappa shape index (κ1) is 18.5. The highest BCUT2D eigenvalue weighted by Crippen LogP contribution is 2.51. The predicted molar refractivity (Wildman–Crippen MR) is 112 cm³/mol. The van der Waals surface area contributed by atoms with Gasteiger partial charge in [0.15, 0.2) is 11.6 Å². The molecule has 0 bridgehead atoms. The van der Waals surface area contributed by atoms with E-state index in [1.807, 2.05) is 18.2 Å². The van der Waals surface area contributed by atoms with E-state index in [2.05, 4.69) is 19.2 Å². The van der Waals surface area contributed by atoms with Gasteiger partial charge in [0.2, 0.25) is 0 Å². The van der Waals surface area contributed by atoms with Crippen molar-refractivity contribution in [1.82, 2.24) is 5.32 Å². The molecule has 1 aliphatic heterocycles. The Morgan fingerprint density at radius 2 is 1.73 bits per heavy atom. The van der Waals surface area contributed by atoms with Crippen LogP contribution in [0.3, 0.4) is 0 Å². The molecule has 150 valence electrons. The summed E-state index contributed by atoms with van der Waals surface area (Å²) in [5.74, 6) is -0.756. The maximum absolute atomic E-state index is 13.4. The first-order valence-corrected chi connectivity index (χ1v) is 9.93. The number of rotatable bonds is 2. The normalized spacial score (nSPS) is 21.7. The second-order valence-electron chi connectivity index (χ2n) is 8.91. The molecule has 2 aromatic carbocycles. The smallest absolute Gasteiger partial charge is 0.269 e. The number of carbonyl (C=O) groups is 2. The average Bonchev–Trinajstić information content (AvgIpc) is 2.98. The summed E-state index contributed by atoms with van der Waals surface area (Å²) in [6.07, 6.45) is 1.05. The lowest BCUT2D eigenvalue weighted by Gasteiger charge is -2.39. The molecule has 30 heavy (non-hydrogen) atoms. The number of dihydropyridines is 1. The summed E-state index contributed by atoms with van der Waals surface area (Å²) in [6.45, 7) is 4.10. The Morgan fingerprint density at radius 1 is 1.00 bits per heavy atom. The fourth-order valence-electron chi connectivity index (χ4n) is 4.94. The molecule has 0 saturated carbocycles. The quantitative estimate of drug-likeness (QED) is 0.591. The van der Waals surface area contributed by atoms with Crippen LogP contribution in [0.2, 0.25) is 0 Å². The van der Waals surface area contributed by atoms with Crippen LogP contribution in [0, 0.1) is 15.5 Å². The lowest BCUT2D eigenvalue weighted by Crippen LogP contribution is -2.37. The Bertz CT molecular complexity index is 1220. The topological polar surface area (TPSA) is 89.3 Å². The summed E-state index contributed by atoms with van der Waals surface area (Å²) in [5.41, 5.74) is 4.36. The molecule has 1 N–H and O–H groups in total. The molecule has 0 saturated heterocycles. The molecule has 1 atom stereocenters. The van der Waals surface area contributed by atoms with E-state index < -0.39 is 10.8 Å². The largest absolute Gasteiger partial charge is 0.358 e. The van der Waals surface area contributed by atoms with Gasteiger partial charge < -0.3 is 5.32 Å². The van der Waals surface area contributed by atoms with E-state index >= 15 is 0 Å². The summed E-state index contributed by atoms with van der Waals surface area (Å²) in [7, 11) is 0. The van der Waals surface area contributed by atoms with E-state index in [4.69, 9.17) is 0 Å². The molecule has 2 aromatic rings. The SMILES string of the molecule is CC1(C)CC(=O)C2=C(C1)NC1=C(C(=O)c3ccccc31)[C@H]2c1cccc([N+](=O)[O-])c1. The molecular formula is C24H20N2O4. The fourth-order valence-corrected chi connectivity index (χ4v) is 4.94. The first-order chi connectivity index (χ1) is 14.3. The summed E-state index contributed by atoms with van der Waals surface area (Å²) in [4.78, 5) is 37.5. The van der Waals surface area contributed by atoms with Gasteiger partial charge in [-0.2, -0.15) is 0 Å².